The summed E-state index contributed by atoms with van der Waals surface area (Å²) in [5.74, 6) is -3.71. The van der Waals surface area contributed by atoms with Gasteiger partial charge in [-0.2, -0.15) is 9.97 Å². The number of nitrogen functional groups attached to an aromatic ring is 1. The number of aliphatic hydroxyl groups is 1. The third-order valence-corrected chi connectivity index (χ3v) is 6.31. The molecule has 1 aromatic carbocycles. The number of aliphatic carboxylic acids is 2. The first-order chi connectivity index (χ1) is 19.1. The van der Waals surface area contributed by atoms with Gasteiger partial charge < -0.3 is 30.5 Å². The maximum absolute atomic E-state index is 15.4. The minimum atomic E-state index is -2.78. The third-order valence-electron chi connectivity index (χ3n) is 6.14. The Morgan fingerprint density at radius 2 is 1.77 bits per heavy atom. The number of aliphatic hydroxyl groups excluding tert-OH is 1. The summed E-state index contributed by atoms with van der Waals surface area (Å²) in [6, 6.07) is 6.37. The molecule has 0 aliphatic heterocycles. The molecule has 0 bridgehead atoms. The van der Waals surface area contributed by atoms with Crippen molar-refractivity contribution in [1.29, 1.82) is 0 Å². The second kappa shape index (κ2) is 11.8. The van der Waals surface area contributed by atoms with Crippen LogP contribution in [0.15, 0.2) is 49.3 Å². The first-order valence-corrected chi connectivity index (χ1v) is 11.9. The number of imidazole rings is 1. The number of carboxylic acids is 2. The highest BCUT2D eigenvalue weighted by atomic mass is 35.5. The quantitative estimate of drug-likeness (QED) is 0.140. The summed E-state index contributed by atoms with van der Waals surface area (Å²) in [7, 11) is 1.11. The fourth-order valence-corrected chi connectivity index (χ4v) is 4.10. The maximum atomic E-state index is 15.4. The topological polar surface area (TPSA) is 209 Å². The second-order valence-electron chi connectivity index (χ2n) is 8.59. The molecular weight excluding hydrogens is 553 g/mol. The molecule has 0 aliphatic carbocycles. The molecule has 3 heterocycles. The Morgan fingerprint density at radius 1 is 1.12 bits per heavy atom. The Labute approximate surface area is 230 Å². The number of fused-ring (bicyclic) bond motifs is 1. The highest BCUT2D eigenvalue weighted by molar-refractivity contribution is 6.28. The van der Waals surface area contributed by atoms with E-state index < -0.39 is 49.1 Å². The number of alkyl halides is 1. The van der Waals surface area contributed by atoms with Crippen molar-refractivity contribution in [2.75, 3.05) is 19.5 Å². The number of carbonyl (C=O) groups is 2. The zero-order valence-corrected chi connectivity index (χ0v) is 21.5. The van der Waals surface area contributed by atoms with Crippen LogP contribution in [0.3, 0.4) is 0 Å². The van der Waals surface area contributed by atoms with Gasteiger partial charge in [0.1, 0.15) is 24.1 Å². The molecular formula is C24H23ClFN7O7. The highest BCUT2D eigenvalue weighted by Gasteiger charge is 2.49. The van der Waals surface area contributed by atoms with Crippen molar-refractivity contribution in [3.63, 3.8) is 0 Å². The third kappa shape index (κ3) is 5.67. The summed E-state index contributed by atoms with van der Waals surface area (Å²) in [5.41, 5.74) is 4.61. The van der Waals surface area contributed by atoms with Crippen LogP contribution >= 0.6 is 11.6 Å². The van der Waals surface area contributed by atoms with Gasteiger partial charge in [-0.1, -0.05) is 24.3 Å². The Hall–Kier alpha value is -4.31. The van der Waals surface area contributed by atoms with Crippen LogP contribution < -0.4 is 5.73 Å². The Morgan fingerprint density at radius 3 is 2.38 bits per heavy atom. The van der Waals surface area contributed by atoms with Crippen LogP contribution in [-0.2, 0) is 25.5 Å². The van der Waals surface area contributed by atoms with Gasteiger partial charge in [-0.3, -0.25) is 4.57 Å². The number of carboxylic acid groups (broad SMARTS) is 2. The lowest BCUT2D eigenvalue weighted by Crippen LogP contribution is -2.53. The molecule has 16 heteroatoms. The van der Waals surface area contributed by atoms with E-state index in [1.165, 1.54) is 18.5 Å². The van der Waals surface area contributed by atoms with E-state index in [1.807, 2.05) is 0 Å². The lowest BCUT2D eigenvalue weighted by atomic mass is 9.93. The molecule has 0 spiro atoms. The lowest BCUT2D eigenvalue weighted by molar-refractivity contribution is -0.192. The summed E-state index contributed by atoms with van der Waals surface area (Å²) in [6.45, 7) is -0.805. The van der Waals surface area contributed by atoms with Crippen LogP contribution in [-0.4, -0.2) is 88.3 Å². The minimum absolute atomic E-state index is 0.0334. The van der Waals surface area contributed by atoms with Crippen molar-refractivity contribution in [3.8, 4) is 11.1 Å². The summed E-state index contributed by atoms with van der Waals surface area (Å²) < 4.78 is 26.7. The molecule has 0 saturated heterocycles. The summed E-state index contributed by atoms with van der Waals surface area (Å²) in [6.07, 6.45) is -0.778. The Kier molecular flexibility index (Phi) is 8.49. The first-order valence-electron chi connectivity index (χ1n) is 11.5. The van der Waals surface area contributed by atoms with Gasteiger partial charge in [0, 0.05) is 31.5 Å². The molecule has 0 saturated carbocycles. The Balaban J connectivity index is 1.54. The summed E-state index contributed by atoms with van der Waals surface area (Å²) >= 11 is 5.80. The number of aromatic nitrogens is 6. The number of methoxy groups -OCH3 is 1. The highest BCUT2D eigenvalue weighted by Crippen LogP contribution is 2.28. The fraction of sp³-hybridized carbons (Fsp3) is 0.292. The molecule has 4 rings (SSSR count). The zero-order valence-electron chi connectivity index (χ0n) is 20.8. The molecule has 0 aliphatic rings. The van der Waals surface area contributed by atoms with Crippen molar-refractivity contribution in [2.45, 2.75) is 30.5 Å². The van der Waals surface area contributed by atoms with Gasteiger partial charge in [0.15, 0.2) is 11.5 Å². The molecule has 4 aromatic rings. The van der Waals surface area contributed by atoms with Crippen LogP contribution in [0.2, 0.25) is 5.28 Å². The first kappa shape index (κ1) is 28.7. The molecule has 0 amide bonds. The van der Waals surface area contributed by atoms with Gasteiger partial charge in [0.2, 0.25) is 11.6 Å². The number of rotatable bonds is 12. The predicted octanol–water partition coefficient (Wildman–Crippen LogP) is 1.53. The van der Waals surface area contributed by atoms with Gasteiger partial charge >= 0.3 is 11.9 Å². The standard InChI is InChI=1S/C24H23ClFN7O7/c1-39-15(17(34)18(26)33-11-30-16-19(27)31-23(25)32-20(16)33)9-40-24(21(35)36,22(37)38)6-12-2-4-13(5-3-12)14-7-28-10-29-8-14/h2-5,7-8,10-11,15,17-18,34H,6,9H2,1H3,(H,35,36)(H,37,38)(H2,27,31,32)/t15-,17-,18-/m1/s1. The monoisotopic (exact) mass is 575 g/mol. The predicted molar refractivity (Wildman–Crippen MR) is 137 cm³/mol. The van der Waals surface area contributed by atoms with E-state index in [-0.39, 0.29) is 22.3 Å². The van der Waals surface area contributed by atoms with E-state index in [1.54, 1.807) is 24.5 Å². The van der Waals surface area contributed by atoms with Crippen molar-refractivity contribution in [3.05, 3.63) is 60.2 Å². The van der Waals surface area contributed by atoms with Crippen LogP contribution in [0, 0.1) is 0 Å². The van der Waals surface area contributed by atoms with Crippen LogP contribution in [0.5, 0.6) is 0 Å². The van der Waals surface area contributed by atoms with E-state index in [4.69, 9.17) is 26.8 Å². The SMILES string of the molecule is CO[C@H](COC(Cc1ccc(-c2cncnc2)cc1)(C(=O)O)C(=O)O)[C@@H](O)[C@H](F)n1cnc2c(N)nc(Cl)nc21. The number of hydrogen-bond donors (Lipinski definition) is 4. The normalized spacial score (nSPS) is 14.1. The number of nitrogens with two attached hydrogens (primary N) is 1. The van der Waals surface area contributed by atoms with Gasteiger partial charge in [0.25, 0.3) is 5.60 Å². The molecule has 5 N–H and O–H groups in total. The molecule has 210 valence electrons. The number of benzene rings is 1. The van der Waals surface area contributed by atoms with E-state index in [2.05, 4.69) is 24.9 Å². The van der Waals surface area contributed by atoms with Gasteiger partial charge in [-0.15, -0.1) is 0 Å². The van der Waals surface area contributed by atoms with Crippen molar-refractivity contribution >= 4 is 40.5 Å². The summed E-state index contributed by atoms with van der Waals surface area (Å²) in [5, 5.41) is 30.2. The van der Waals surface area contributed by atoms with Crippen molar-refractivity contribution in [2.24, 2.45) is 0 Å². The molecule has 3 atom stereocenters. The number of halogens is 2. The number of hydrogen-bond acceptors (Lipinski definition) is 11. The zero-order chi connectivity index (χ0) is 29.0. The molecule has 0 fully saturated rings. The van der Waals surface area contributed by atoms with Gasteiger partial charge in [-0.05, 0) is 22.7 Å². The number of nitrogens with zero attached hydrogens (tertiary/aromatic N) is 6. The minimum Gasteiger partial charge on any atom is -0.479 e. The fourth-order valence-electron chi connectivity index (χ4n) is 3.93. The summed E-state index contributed by atoms with van der Waals surface area (Å²) in [4.78, 5) is 43.8. The number of anilines is 1. The molecule has 0 unspecified atom stereocenters. The van der Waals surface area contributed by atoms with Crippen LogP contribution in [0.1, 0.15) is 11.9 Å². The van der Waals surface area contributed by atoms with E-state index in [9.17, 15) is 24.9 Å². The van der Waals surface area contributed by atoms with Crippen LogP contribution in [0.25, 0.3) is 22.3 Å². The molecule has 14 nitrogen and oxygen atoms in total. The van der Waals surface area contributed by atoms with Crippen LogP contribution in [0.4, 0.5) is 10.2 Å². The van der Waals surface area contributed by atoms with E-state index in [0.29, 0.717) is 11.1 Å². The second-order valence-corrected chi connectivity index (χ2v) is 8.93. The largest absolute Gasteiger partial charge is 0.479 e. The van der Waals surface area contributed by atoms with Gasteiger partial charge in [0.05, 0.1) is 12.9 Å². The number of ether oxygens (including phenoxy) is 2. The average Bonchev–Trinajstić information content (AvgIpc) is 3.36. The molecule has 0 radical (unpaired) electrons. The Bertz CT molecular complexity index is 1490. The van der Waals surface area contributed by atoms with Gasteiger partial charge in [-0.25, -0.2) is 28.9 Å². The smallest absolute Gasteiger partial charge is 0.348 e. The molecule has 3 aromatic heterocycles. The molecule has 40 heavy (non-hydrogen) atoms. The van der Waals surface area contributed by atoms with E-state index >= 15 is 4.39 Å². The van der Waals surface area contributed by atoms with E-state index in [0.717, 1.165) is 23.6 Å². The van der Waals surface area contributed by atoms with Crippen molar-refractivity contribution < 1.29 is 38.8 Å². The lowest BCUT2D eigenvalue weighted by Gasteiger charge is -2.30. The maximum Gasteiger partial charge on any atom is 0.348 e. The average molecular weight is 576 g/mol. The van der Waals surface area contributed by atoms with Crippen molar-refractivity contribution in [1.82, 2.24) is 29.5 Å².